The second-order valence-electron chi connectivity index (χ2n) is 4.94. The van der Waals surface area contributed by atoms with Gasteiger partial charge in [0.15, 0.2) is 0 Å². The first kappa shape index (κ1) is 12.5. The zero-order chi connectivity index (χ0) is 13.3. The summed E-state index contributed by atoms with van der Waals surface area (Å²) in [5.41, 5.74) is 9.80. The van der Waals surface area contributed by atoms with Crippen molar-refractivity contribution in [1.82, 2.24) is 5.16 Å². The van der Waals surface area contributed by atoms with E-state index in [0.29, 0.717) is 11.8 Å². The van der Waals surface area contributed by atoms with Gasteiger partial charge in [-0.3, -0.25) is 0 Å². The number of nitrogen functional groups attached to an aromatic ring is 1. The highest BCUT2D eigenvalue weighted by Crippen LogP contribution is 2.32. The van der Waals surface area contributed by atoms with Crippen LogP contribution in [-0.4, -0.2) is 19.3 Å². The van der Waals surface area contributed by atoms with E-state index in [1.165, 1.54) is 5.56 Å². The van der Waals surface area contributed by atoms with E-state index in [1.807, 2.05) is 14.1 Å². The Morgan fingerprint density at radius 1 is 1.22 bits per heavy atom. The molecule has 0 saturated heterocycles. The summed E-state index contributed by atoms with van der Waals surface area (Å²) in [6, 6.07) is 8.16. The lowest BCUT2D eigenvalue weighted by molar-refractivity contribution is 0.439. The van der Waals surface area contributed by atoms with Crippen LogP contribution < -0.4 is 10.6 Å². The molecule has 2 rings (SSSR count). The molecule has 0 atom stereocenters. The summed E-state index contributed by atoms with van der Waals surface area (Å²) in [6.45, 7) is 4.34. The van der Waals surface area contributed by atoms with Crippen molar-refractivity contribution in [2.75, 3.05) is 24.7 Å². The predicted molar refractivity (Wildman–Crippen MR) is 74.8 cm³/mol. The molecule has 0 bridgehead atoms. The van der Waals surface area contributed by atoms with Gasteiger partial charge in [0.25, 0.3) is 0 Å². The molecule has 18 heavy (non-hydrogen) atoms. The van der Waals surface area contributed by atoms with Crippen molar-refractivity contribution in [2.24, 2.45) is 0 Å². The molecule has 0 fully saturated rings. The molecule has 1 aromatic carbocycles. The number of benzene rings is 1. The van der Waals surface area contributed by atoms with E-state index >= 15 is 0 Å². The van der Waals surface area contributed by atoms with Crippen LogP contribution in [0.5, 0.6) is 0 Å². The smallest absolute Gasteiger partial charge is 0.222 e. The third kappa shape index (κ3) is 2.32. The fourth-order valence-electron chi connectivity index (χ4n) is 1.92. The minimum Gasteiger partial charge on any atom is -0.377 e. The van der Waals surface area contributed by atoms with Crippen LogP contribution in [-0.2, 0) is 0 Å². The second-order valence-corrected chi connectivity index (χ2v) is 4.94. The number of anilines is 2. The number of nitrogens with zero attached hydrogens (tertiary/aromatic N) is 2. The first-order valence-electron chi connectivity index (χ1n) is 6.03. The van der Waals surface area contributed by atoms with Crippen molar-refractivity contribution in [1.29, 1.82) is 0 Å². The number of nitrogens with two attached hydrogens (primary N) is 1. The first-order chi connectivity index (χ1) is 8.49. The quantitative estimate of drug-likeness (QED) is 0.902. The van der Waals surface area contributed by atoms with Crippen molar-refractivity contribution in [3.63, 3.8) is 0 Å². The molecule has 0 aliphatic carbocycles. The molecule has 0 aliphatic heterocycles. The van der Waals surface area contributed by atoms with E-state index in [-0.39, 0.29) is 0 Å². The van der Waals surface area contributed by atoms with E-state index in [1.54, 1.807) is 6.07 Å². The lowest BCUT2D eigenvalue weighted by atomic mass is 9.98. The fraction of sp³-hybridized carbons (Fsp3) is 0.357. The van der Waals surface area contributed by atoms with Gasteiger partial charge in [-0.05, 0) is 23.6 Å². The van der Waals surface area contributed by atoms with E-state index in [2.05, 4.69) is 42.1 Å². The van der Waals surface area contributed by atoms with Crippen molar-refractivity contribution in [3.05, 3.63) is 29.8 Å². The molecule has 4 nitrogen and oxygen atoms in total. The van der Waals surface area contributed by atoms with E-state index in [0.717, 1.165) is 16.9 Å². The molecule has 0 spiro atoms. The average Bonchev–Trinajstić information content (AvgIpc) is 2.74. The molecular formula is C14H19N3O. The van der Waals surface area contributed by atoms with E-state index in [4.69, 9.17) is 10.3 Å². The van der Waals surface area contributed by atoms with Crippen LogP contribution in [0.15, 0.2) is 28.8 Å². The van der Waals surface area contributed by atoms with Crippen LogP contribution >= 0.6 is 0 Å². The van der Waals surface area contributed by atoms with Gasteiger partial charge in [-0.1, -0.05) is 25.1 Å². The molecule has 0 aliphatic rings. The summed E-state index contributed by atoms with van der Waals surface area (Å²) in [4.78, 5) is 2.06. The predicted octanol–water partition coefficient (Wildman–Crippen LogP) is 3.11. The second kappa shape index (κ2) is 4.72. The van der Waals surface area contributed by atoms with Crippen LogP contribution in [0, 0.1) is 0 Å². The van der Waals surface area contributed by atoms with Gasteiger partial charge in [0.1, 0.15) is 5.69 Å². The standard InChI is InChI=1S/C14H19N3O/c1-9(2)10-5-6-13(17(3)4)11(7-10)12-8-14(15)18-16-12/h5-9H,15H2,1-4H3. The van der Waals surface area contributed by atoms with Gasteiger partial charge >= 0.3 is 0 Å². The maximum Gasteiger partial charge on any atom is 0.222 e. The third-order valence-electron chi connectivity index (χ3n) is 2.97. The normalized spacial score (nSPS) is 10.9. The van der Waals surface area contributed by atoms with Crippen LogP contribution in [0.2, 0.25) is 0 Å². The molecule has 96 valence electrons. The van der Waals surface area contributed by atoms with Crippen LogP contribution in [0.3, 0.4) is 0 Å². The maximum atomic E-state index is 5.60. The largest absolute Gasteiger partial charge is 0.377 e. The zero-order valence-electron chi connectivity index (χ0n) is 11.3. The number of hydrogen-bond donors (Lipinski definition) is 1. The fourth-order valence-corrected chi connectivity index (χ4v) is 1.92. The van der Waals surface area contributed by atoms with Crippen molar-refractivity contribution in [2.45, 2.75) is 19.8 Å². The molecule has 1 aromatic heterocycles. The first-order valence-corrected chi connectivity index (χ1v) is 6.03. The van der Waals surface area contributed by atoms with Gasteiger partial charge in [-0.2, -0.15) is 0 Å². The molecule has 4 heteroatoms. The van der Waals surface area contributed by atoms with Gasteiger partial charge in [0, 0.05) is 31.4 Å². The van der Waals surface area contributed by atoms with Crippen LogP contribution in [0.1, 0.15) is 25.3 Å². The van der Waals surface area contributed by atoms with E-state index in [9.17, 15) is 0 Å². The summed E-state index contributed by atoms with van der Waals surface area (Å²) in [7, 11) is 4.02. The lowest BCUT2D eigenvalue weighted by Gasteiger charge is -2.18. The Kier molecular flexibility index (Phi) is 3.28. The summed E-state index contributed by atoms with van der Waals surface area (Å²) in [6.07, 6.45) is 0. The number of rotatable bonds is 3. The topological polar surface area (TPSA) is 55.3 Å². The Morgan fingerprint density at radius 2 is 1.94 bits per heavy atom. The average molecular weight is 245 g/mol. The molecule has 0 amide bonds. The number of hydrogen-bond acceptors (Lipinski definition) is 4. The Bertz CT molecular complexity index is 544. The molecule has 0 saturated carbocycles. The molecule has 2 N–H and O–H groups in total. The molecule has 1 heterocycles. The van der Waals surface area contributed by atoms with E-state index < -0.39 is 0 Å². The van der Waals surface area contributed by atoms with Gasteiger partial charge in [-0.15, -0.1) is 0 Å². The molecule has 0 radical (unpaired) electrons. The monoisotopic (exact) mass is 245 g/mol. The maximum absolute atomic E-state index is 5.60. The Balaban J connectivity index is 2.57. The highest BCUT2D eigenvalue weighted by atomic mass is 16.5. The highest BCUT2D eigenvalue weighted by Gasteiger charge is 2.13. The zero-order valence-corrected chi connectivity index (χ0v) is 11.3. The number of aromatic nitrogens is 1. The van der Waals surface area contributed by atoms with Crippen molar-refractivity contribution in [3.8, 4) is 11.3 Å². The minimum absolute atomic E-state index is 0.338. The van der Waals surface area contributed by atoms with Crippen LogP contribution in [0.4, 0.5) is 11.6 Å². The van der Waals surface area contributed by atoms with Gasteiger partial charge in [0.2, 0.25) is 5.88 Å². The summed E-state index contributed by atoms with van der Waals surface area (Å²) in [5, 5.41) is 4.00. The SMILES string of the molecule is CC(C)c1ccc(N(C)C)c(-c2cc(N)on2)c1. The van der Waals surface area contributed by atoms with Crippen LogP contribution in [0.25, 0.3) is 11.3 Å². The Hall–Kier alpha value is -1.97. The Morgan fingerprint density at radius 3 is 2.44 bits per heavy atom. The molecule has 0 unspecified atom stereocenters. The van der Waals surface area contributed by atoms with Gasteiger partial charge < -0.3 is 15.2 Å². The summed E-state index contributed by atoms with van der Waals surface area (Å²) in [5.74, 6) is 0.814. The molecular weight excluding hydrogens is 226 g/mol. The molecule has 2 aromatic rings. The summed E-state index contributed by atoms with van der Waals surface area (Å²) < 4.78 is 4.96. The van der Waals surface area contributed by atoms with Crippen molar-refractivity contribution < 1.29 is 4.52 Å². The lowest BCUT2D eigenvalue weighted by Crippen LogP contribution is -2.10. The highest BCUT2D eigenvalue weighted by molar-refractivity contribution is 5.77. The van der Waals surface area contributed by atoms with Gasteiger partial charge in [0.05, 0.1) is 0 Å². The van der Waals surface area contributed by atoms with Gasteiger partial charge in [-0.25, -0.2) is 0 Å². The van der Waals surface area contributed by atoms with Crippen molar-refractivity contribution >= 4 is 11.6 Å². The summed E-state index contributed by atoms with van der Waals surface area (Å²) >= 11 is 0. The Labute approximate surface area is 107 Å². The minimum atomic E-state index is 0.338. The third-order valence-corrected chi connectivity index (χ3v) is 2.97.